The summed E-state index contributed by atoms with van der Waals surface area (Å²) in [5.74, 6) is 1.77. The average molecular weight is 319 g/mol. The summed E-state index contributed by atoms with van der Waals surface area (Å²) in [7, 11) is 0.727. The maximum absolute atomic E-state index is 12.4. The Bertz CT molecular complexity index is 489. The maximum Gasteiger partial charge on any atom is 0.387 e. The monoisotopic (exact) mass is 319 g/mol. The number of hydrogen-bond acceptors (Lipinski definition) is 4. The Morgan fingerprint density at radius 2 is 2.05 bits per heavy atom. The van der Waals surface area contributed by atoms with Gasteiger partial charge in [-0.25, -0.2) is 0 Å². The van der Waals surface area contributed by atoms with Gasteiger partial charge in [-0.1, -0.05) is 6.07 Å². The molecule has 1 aliphatic rings. The van der Waals surface area contributed by atoms with Crippen LogP contribution in [0.1, 0.15) is 18.4 Å². The van der Waals surface area contributed by atoms with Crippen LogP contribution in [0.4, 0.5) is 8.78 Å². The van der Waals surface area contributed by atoms with Crippen molar-refractivity contribution in [1.29, 1.82) is 0 Å². The molecule has 0 aromatic heterocycles. The standard InChI is InChI=1S/C14H19F2NO3S/c1-19-12-3-2-10(8-13(12)20-14(15)16)9-17-11-4-6-21(18)7-5-11/h2-3,8,11,14,17H,4-7,9H2,1H3. The largest absolute Gasteiger partial charge is 0.493 e. The molecular weight excluding hydrogens is 300 g/mol. The number of nitrogens with one attached hydrogen (secondary N) is 1. The minimum atomic E-state index is -2.88. The van der Waals surface area contributed by atoms with Crippen molar-refractivity contribution >= 4 is 10.8 Å². The van der Waals surface area contributed by atoms with Crippen molar-refractivity contribution in [2.24, 2.45) is 0 Å². The smallest absolute Gasteiger partial charge is 0.387 e. The Labute approximate surface area is 125 Å². The van der Waals surface area contributed by atoms with E-state index in [0.717, 1.165) is 29.9 Å². The van der Waals surface area contributed by atoms with E-state index < -0.39 is 17.4 Å². The maximum atomic E-state index is 12.4. The van der Waals surface area contributed by atoms with Crippen LogP contribution in [0, 0.1) is 0 Å². The van der Waals surface area contributed by atoms with Crippen LogP contribution in [0.25, 0.3) is 0 Å². The van der Waals surface area contributed by atoms with Crippen LogP contribution >= 0.6 is 0 Å². The second-order valence-corrected chi connectivity index (χ2v) is 6.56. The van der Waals surface area contributed by atoms with Crippen molar-refractivity contribution in [1.82, 2.24) is 5.32 Å². The Kier molecular flexibility index (Phi) is 5.93. The Balaban J connectivity index is 1.95. The molecule has 4 nitrogen and oxygen atoms in total. The molecule has 0 radical (unpaired) electrons. The zero-order valence-electron chi connectivity index (χ0n) is 11.8. The lowest BCUT2D eigenvalue weighted by Gasteiger charge is -2.22. The summed E-state index contributed by atoms with van der Waals surface area (Å²) in [6, 6.07) is 5.30. The minimum absolute atomic E-state index is 0.0385. The zero-order valence-corrected chi connectivity index (χ0v) is 12.6. The molecule has 0 spiro atoms. The van der Waals surface area contributed by atoms with Gasteiger partial charge in [0.15, 0.2) is 11.5 Å². The summed E-state index contributed by atoms with van der Waals surface area (Å²) in [5, 5.41) is 3.36. The van der Waals surface area contributed by atoms with Crippen molar-refractivity contribution in [3.8, 4) is 11.5 Å². The molecule has 1 aromatic rings. The van der Waals surface area contributed by atoms with E-state index in [2.05, 4.69) is 10.1 Å². The van der Waals surface area contributed by atoms with E-state index in [1.807, 2.05) is 6.07 Å². The first-order valence-electron chi connectivity index (χ1n) is 6.78. The van der Waals surface area contributed by atoms with Gasteiger partial charge >= 0.3 is 6.61 Å². The molecule has 1 N–H and O–H groups in total. The molecule has 0 aliphatic carbocycles. The first-order valence-corrected chi connectivity index (χ1v) is 8.27. The van der Waals surface area contributed by atoms with E-state index in [4.69, 9.17) is 4.74 Å². The van der Waals surface area contributed by atoms with E-state index in [1.54, 1.807) is 12.1 Å². The number of rotatable bonds is 6. The van der Waals surface area contributed by atoms with Gasteiger partial charge in [-0.15, -0.1) is 0 Å². The van der Waals surface area contributed by atoms with Gasteiger partial charge in [-0.3, -0.25) is 4.21 Å². The predicted molar refractivity (Wildman–Crippen MR) is 77.4 cm³/mol. The molecule has 21 heavy (non-hydrogen) atoms. The van der Waals surface area contributed by atoms with Crippen molar-refractivity contribution in [3.05, 3.63) is 23.8 Å². The highest BCUT2D eigenvalue weighted by Gasteiger charge is 2.17. The molecule has 1 aliphatic heterocycles. The Morgan fingerprint density at radius 3 is 2.67 bits per heavy atom. The van der Waals surface area contributed by atoms with Crippen LogP contribution in [0.5, 0.6) is 11.5 Å². The fourth-order valence-electron chi connectivity index (χ4n) is 2.28. The molecule has 0 amide bonds. The number of alkyl halides is 2. The number of benzene rings is 1. The number of halogens is 2. The van der Waals surface area contributed by atoms with E-state index >= 15 is 0 Å². The van der Waals surface area contributed by atoms with Crippen LogP contribution in [0.2, 0.25) is 0 Å². The van der Waals surface area contributed by atoms with Gasteiger partial charge in [0.1, 0.15) is 0 Å². The molecule has 1 heterocycles. The van der Waals surface area contributed by atoms with Gasteiger partial charge in [0.05, 0.1) is 7.11 Å². The van der Waals surface area contributed by atoms with Crippen LogP contribution in [-0.2, 0) is 17.3 Å². The van der Waals surface area contributed by atoms with Crippen molar-refractivity contribution < 1.29 is 22.5 Å². The highest BCUT2D eigenvalue weighted by Crippen LogP contribution is 2.29. The predicted octanol–water partition coefficient (Wildman–Crippen LogP) is 2.30. The second-order valence-electron chi connectivity index (χ2n) is 4.87. The van der Waals surface area contributed by atoms with E-state index in [1.165, 1.54) is 7.11 Å². The number of methoxy groups -OCH3 is 1. The molecule has 2 rings (SSSR count). The third-order valence-corrected chi connectivity index (χ3v) is 4.81. The third-order valence-electron chi connectivity index (χ3n) is 3.43. The van der Waals surface area contributed by atoms with E-state index in [9.17, 15) is 13.0 Å². The molecule has 0 atom stereocenters. The van der Waals surface area contributed by atoms with Crippen LogP contribution < -0.4 is 14.8 Å². The van der Waals surface area contributed by atoms with Gasteiger partial charge in [0.25, 0.3) is 0 Å². The lowest BCUT2D eigenvalue weighted by atomic mass is 10.1. The highest BCUT2D eigenvalue weighted by atomic mass is 32.2. The molecule has 0 bridgehead atoms. The third kappa shape index (κ3) is 4.93. The van der Waals surface area contributed by atoms with Gasteiger partial charge in [0.2, 0.25) is 0 Å². The second kappa shape index (κ2) is 7.70. The lowest BCUT2D eigenvalue weighted by Crippen LogP contribution is -2.35. The normalized spacial score (nSPS) is 22.3. The highest BCUT2D eigenvalue weighted by molar-refractivity contribution is 7.85. The first kappa shape index (κ1) is 16.2. The fraction of sp³-hybridized carbons (Fsp3) is 0.571. The van der Waals surface area contributed by atoms with Gasteiger partial charge in [-0.05, 0) is 30.5 Å². The summed E-state index contributed by atoms with van der Waals surface area (Å²) in [6.07, 6.45) is 1.76. The van der Waals surface area contributed by atoms with Crippen LogP contribution in [0.3, 0.4) is 0 Å². The van der Waals surface area contributed by atoms with Crippen molar-refractivity contribution in [2.45, 2.75) is 32.0 Å². The van der Waals surface area contributed by atoms with Gasteiger partial charge in [-0.2, -0.15) is 8.78 Å². The van der Waals surface area contributed by atoms with E-state index in [-0.39, 0.29) is 11.5 Å². The molecule has 1 aromatic carbocycles. The summed E-state index contributed by atoms with van der Waals surface area (Å²) >= 11 is 0. The molecule has 7 heteroatoms. The molecule has 0 unspecified atom stereocenters. The Hall–Kier alpha value is -1.21. The number of hydrogen-bond donors (Lipinski definition) is 1. The molecular formula is C14H19F2NO3S. The quantitative estimate of drug-likeness (QED) is 0.874. The fourth-order valence-corrected chi connectivity index (χ4v) is 3.58. The summed E-state index contributed by atoms with van der Waals surface area (Å²) in [5.41, 5.74) is 0.846. The molecule has 0 saturated carbocycles. The van der Waals surface area contributed by atoms with Gasteiger partial charge in [0, 0.05) is 34.9 Å². The number of ether oxygens (including phenoxy) is 2. The molecule has 118 valence electrons. The first-order chi connectivity index (χ1) is 10.1. The summed E-state index contributed by atoms with van der Waals surface area (Å²) < 4.78 is 45.5. The van der Waals surface area contributed by atoms with Crippen molar-refractivity contribution in [3.63, 3.8) is 0 Å². The van der Waals surface area contributed by atoms with Gasteiger partial charge < -0.3 is 14.8 Å². The van der Waals surface area contributed by atoms with Crippen molar-refractivity contribution in [2.75, 3.05) is 18.6 Å². The average Bonchev–Trinajstić information content (AvgIpc) is 2.46. The Morgan fingerprint density at radius 1 is 1.33 bits per heavy atom. The van der Waals surface area contributed by atoms with Crippen LogP contribution in [-0.4, -0.2) is 35.5 Å². The SMILES string of the molecule is COc1ccc(CNC2CCS(=O)CC2)cc1OC(F)F. The van der Waals surface area contributed by atoms with Crippen LogP contribution in [0.15, 0.2) is 18.2 Å². The topological polar surface area (TPSA) is 47.6 Å². The minimum Gasteiger partial charge on any atom is -0.493 e. The lowest BCUT2D eigenvalue weighted by molar-refractivity contribution is -0.0512. The molecule has 1 fully saturated rings. The van der Waals surface area contributed by atoms with E-state index in [0.29, 0.717) is 12.6 Å². The zero-order chi connectivity index (χ0) is 15.2. The summed E-state index contributed by atoms with van der Waals surface area (Å²) in [4.78, 5) is 0. The molecule has 1 saturated heterocycles. The summed E-state index contributed by atoms with van der Waals surface area (Å²) in [6.45, 7) is -2.32.